The number of piperidine rings is 1. The van der Waals surface area contributed by atoms with Crippen LogP contribution in [0.15, 0.2) is 12.1 Å². The third-order valence-electron chi connectivity index (χ3n) is 3.80. The summed E-state index contributed by atoms with van der Waals surface area (Å²) in [6.07, 6.45) is 3.07. The summed E-state index contributed by atoms with van der Waals surface area (Å²) in [6, 6.07) is 4.10. The van der Waals surface area contributed by atoms with Gasteiger partial charge in [-0.1, -0.05) is 0 Å². The van der Waals surface area contributed by atoms with Gasteiger partial charge in [0, 0.05) is 23.7 Å². The van der Waals surface area contributed by atoms with E-state index in [9.17, 15) is 4.79 Å². The van der Waals surface area contributed by atoms with Crippen LogP contribution in [0.2, 0.25) is 0 Å². The molecule has 1 aliphatic rings. The molecule has 0 spiro atoms. The number of carbonyl (C=O) groups is 1. The van der Waals surface area contributed by atoms with Crippen molar-refractivity contribution < 1.29 is 9.90 Å². The summed E-state index contributed by atoms with van der Waals surface area (Å²) in [4.78, 5) is 17.6. The minimum absolute atomic E-state index is 0.191. The van der Waals surface area contributed by atoms with E-state index in [1.807, 2.05) is 13.0 Å². The number of aliphatic carboxylic acids is 1. The lowest BCUT2D eigenvalue weighted by atomic mass is 9.92. The first-order valence-electron chi connectivity index (χ1n) is 6.92. The number of carboxylic acid groups (broad SMARTS) is 1. The van der Waals surface area contributed by atoms with Gasteiger partial charge in [-0.15, -0.1) is 0 Å². The van der Waals surface area contributed by atoms with E-state index in [0.717, 1.165) is 42.9 Å². The van der Waals surface area contributed by atoms with Crippen molar-refractivity contribution in [1.29, 1.82) is 0 Å². The molecule has 0 saturated carbocycles. The Labute approximate surface area is 114 Å². The molecule has 0 bridgehead atoms. The van der Waals surface area contributed by atoms with Crippen molar-refractivity contribution in [3.05, 3.63) is 29.1 Å². The molecule has 0 unspecified atom stereocenters. The largest absolute Gasteiger partial charge is 0.481 e. The van der Waals surface area contributed by atoms with Gasteiger partial charge in [-0.25, -0.2) is 0 Å². The predicted octanol–water partition coefficient (Wildman–Crippen LogP) is 2.22. The number of nitrogens with zero attached hydrogens (tertiary/aromatic N) is 2. The standard InChI is InChI=1S/C15H22N2O2/c1-11-9-12(3-4-15(18)19)10-14(16-11)13-5-7-17(2)8-6-13/h9-10,13H,3-8H2,1-2H3,(H,18,19). The van der Waals surface area contributed by atoms with Gasteiger partial charge in [0.25, 0.3) is 0 Å². The van der Waals surface area contributed by atoms with Crippen molar-refractivity contribution in [2.24, 2.45) is 0 Å². The molecule has 2 rings (SSSR count). The number of hydrogen-bond acceptors (Lipinski definition) is 3. The zero-order chi connectivity index (χ0) is 13.8. The van der Waals surface area contributed by atoms with Gasteiger partial charge in [0.15, 0.2) is 0 Å². The highest BCUT2D eigenvalue weighted by Gasteiger charge is 2.20. The SMILES string of the molecule is Cc1cc(CCC(=O)O)cc(C2CCN(C)CC2)n1. The zero-order valence-electron chi connectivity index (χ0n) is 11.7. The van der Waals surface area contributed by atoms with E-state index in [-0.39, 0.29) is 6.42 Å². The van der Waals surface area contributed by atoms with Crippen molar-refractivity contribution in [1.82, 2.24) is 9.88 Å². The fraction of sp³-hybridized carbons (Fsp3) is 0.600. The van der Waals surface area contributed by atoms with Crippen LogP contribution in [0.1, 0.15) is 42.1 Å². The lowest BCUT2D eigenvalue weighted by Crippen LogP contribution is -2.29. The third kappa shape index (κ3) is 4.03. The fourth-order valence-corrected chi connectivity index (χ4v) is 2.68. The van der Waals surface area contributed by atoms with E-state index in [1.54, 1.807) is 0 Å². The summed E-state index contributed by atoms with van der Waals surface area (Å²) in [5.74, 6) is -0.213. The molecule has 0 aliphatic carbocycles. The van der Waals surface area contributed by atoms with Gasteiger partial charge in [-0.2, -0.15) is 0 Å². The molecule has 19 heavy (non-hydrogen) atoms. The van der Waals surface area contributed by atoms with Crippen molar-refractivity contribution in [3.8, 4) is 0 Å². The molecule has 0 aromatic carbocycles. The summed E-state index contributed by atoms with van der Waals surface area (Å²) in [6.45, 7) is 4.22. The average Bonchev–Trinajstić information content (AvgIpc) is 2.36. The topological polar surface area (TPSA) is 53.4 Å². The smallest absolute Gasteiger partial charge is 0.303 e. The predicted molar refractivity (Wildman–Crippen MR) is 74.4 cm³/mol. The molecule has 1 aromatic rings. The zero-order valence-corrected chi connectivity index (χ0v) is 11.7. The van der Waals surface area contributed by atoms with Crippen molar-refractivity contribution >= 4 is 5.97 Å². The maximum Gasteiger partial charge on any atom is 0.303 e. The van der Waals surface area contributed by atoms with Crippen LogP contribution >= 0.6 is 0 Å². The van der Waals surface area contributed by atoms with Crippen LogP contribution in [0.25, 0.3) is 0 Å². The Morgan fingerprint density at radius 2 is 2.11 bits per heavy atom. The lowest BCUT2D eigenvalue weighted by Gasteiger charge is -2.28. The molecular formula is C15H22N2O2. The summed E-state index contributed by atoms with van der Waals surface area (Å²) in [5.41, 5.74) is 3.24. The molecular weight excluding hydrogens is 240 g/mol. The minimum Gasteiger partial charge on any atom is -0.481 e. The highest BCUT2D eigenvalue weighted by Crippen LogP contribution is 2.27. The van der Waals surface area contributed by atoms with Crippen LogP contribution in [-0.2, 0) is 11.2 Å². The summed E-state index contributed by atoms with van der Waals surface area (Å²) >= 11 is 0. The van der Waals surface area contributed by atoms with Crippen molar-refractivity contribution in [2.75, 3.05) is 20.1 Å². The summed E-state index contributed by atoms with van der Waals surface area (Å²) in [7, 11) is 2.15. The molecule has 1 fully saturated rings. The fourth-order valence-electron chi connectivity index (χ4n) is 2.68. The van der Waals surface area contributed by atoms with Gasteiger partial charge in [0.05, 0.1) is 0 Å². The molecule has 0 atom stereocenters. The van der Waals surface area contributed by atoms with Gasteiger partial charge in [0.1, 0.15) is 0 Å². The monoisotopic (exact) mass is 262 g/mol. The second-order valence-corrected chi connectivity index (χ2v) is 5.51. The normalized spacial score (nSPS) is 17.6. The number of rotatable bonds is 4. The first-order chi connectivity index (χ1) is 9.04. The van der Waals surface area contributed by atoms with E-state index >= 15 is 0 Å². The number of carboxylic acids is 1. The van der Waals surface area contributed by atoms with E-state index < -0.39 is 5.97 Å². The number of likely N-dealkylation sites (tertiary alicyclic amines) is 1. The van der Waals surface area contributed by atoms with Crippen molar-refractivity contribution in [3.63, 3.8) is 0 Å². The maximum absolute atomic E-state index is 10.7. The minimum atomic E-state index is -0.740. The molecule has 0 amide bonds. The molecule has 4 heteroatoms. The van der Waals surface area contributed by atoms with Gasteiger partial charge in [-0.05, 0) is 64.0 Å². The molecule has 0 radical (unpaired) electrons. The quantitative estimate of drug-likeness (QED) is 0.904. The Bertz CT molecular complexity index is 451. The molecule has 1 saturated heterocycles. The Balaban J connectivity index is 2.09. The van der Waals surface area contributed by atoms with Gasteiger partial charge >= 0.3 is 5.97 Å². The number of aromatic nitrogens is 1. The molecule has 1 aromatic heterocycles. The second kappa shape index (κ2) is 6.15. The maximum atomic E-state index is 10.7. The Kier molecular flexibility index (Phi) is 4.53. The number of hydrogen-bond donors (Lipinski definition) is 1. The Morgan fingerprint density at radius 3 is 2.74 bits per heavy atom. The Hall–Kier alpha value is -1.42. The van der Waals surface area contributed by atoms with Crippen LogP contribution < -0.4 is 0 Å². The molecule has 4 nitrogen and oxygen atoms in total. The van der Waals surface area contributed by atoms with Crippen LogP contribution in [0.3, 0.4) is 0 Å². The number of aryl methyl sites for hydroxylation is 2. The van der Waals surface area contributed by atoms with E-state index in [0.29, 0.717) is 12.3 Å². The lowest BCUT2D eigenvalue weighted by molar-refractivity contribution is -0.136. The average molecular weight is 262 g/mol. The molecule has 2 heterocycles. The van der Waals surface area contributed by atoms with Gasteiger partial charge in [-0.3, -0.25) is 9.78 Å². The van der Waals surface area contributed by atoms with E-state index in [1.165, 1.54) is 0 Å². The van der Waals surface area contributed by atoms with Crippen LogP contribution in [0.4, 0.5) is 0 Å². The molecule has 1 N–H and O–H groups in total. The number of pyridine rings is 1. The Morgan fingerprint density at radius 1 is 1.42 bits per heavy atom. The third-order valence-corrected chi connectivity index (χ3v) is 3.80. The van der Waals surface area contributed by atoms with Crippen molar-refractivity contribution in [2.45, 2.75) is 38.5 Å². The molecule has 1 aliphatic heterocycles. The molecule has 104 valence electrons. The highest BCUT2D eigenvalue weighted by molar-refractivity contribution is 5.67. The second-order valence-electron chi connectivity index (χ2n) is 5.51. The first-order valence-corrected chi connectivity index (χ1v) is 6.92. The van der Waals surface area contributed by atoms with Gasteiger partial charge in [0.2, 0.25) is 0 Å². The summed E-state index contributed by atoms with van der Waals surface area (Å²) < 4.78 is 0. The van der Waals surface area contributed by atoms with Crippen LogP contribution in [0.5, 0.6) is 0 Å². The van der Waals surface area contributed by atoms with E-state index in [2.05, 4.69) is 23.0 Å². The summed E-state index contributed by atoms with van der Waals surface area (Å²) in [5, 5.41) is 8.77. The highest BCUT2D eigenvalue weighted by atomic mass is 16.4. The van der Waals surface area contributed by atoms with E-state index in [4.69, 9.17) is 5.11 Å². The first kappa shape index (κ1) is 14.0. The van der Waals surface area contributed by atoms with Gasteiger partial charge < -0.3 is 10.0 Å². The van der Waals surface area contributed by atoms with Crippen LogP contribution in [0, 0.1) is 6.92 Å². The van der Waals surface area contributed by atoms with Crippen LogP contribution in [-0.4, -0.2) is 41.1 Å².